The van der Waals surface area contributed by atoms with E-state index in [1.807, 2.05) is 30.3 Å². The van der Waals surface area contributed by atoms with Crippen LogP contribution in [0.1, 0.15) is 31.4 Å². The Morgan fingerprint density at radius 1 is 0.944 bits per heavy atom. The highest BCUT2D eigenvalue weighted by Crippen LogP contribution is 2.37. The Hall–Kier alpha value is -3.24. The molecule has 2 aromatic rings. The lowest BCUT2D eigenvalue weighted by molar-refractivity contribution is -0.133. The number of benzene rings is 2. The molecule has 0 heterocycles. The van der Waals surface area contributed by atoms with Crippen LogP contribution < -0.4 is 20.5 Å². The number of nitrogens with one attached hydrogen (secondary N) is 3. The Bertz CT molecular complexity index is 1060. The molecule has 0 bridgehead atoms. The average molecular weight is 522 g/mol. The fourth-order valence-corrected chi connectivity index (χ4v) is 3.83. The van der Waals surface area contributed by atoms with Gasteiger partial charge < -0.3 is 25.6 Å². The number of hydrogen-bond acceptors (Lipinski definition) is 6. The van der Waals surface area contributed by atoms with Crippen molar-refractivity contribution in [2.45, 2.75) is 51.3 Å². The maximum atomic E-state index is 12.9. The van der Waals surface area contributed by atoms with Gasteiger partial charge in [-0.3, -0.25) is 24.2 Å². The van der Waals surface area contributed by atoms with E-state index in [2.05, 4.69) is 20.5 Å². The predicted octanol–water partition coefficient (Wildman–Crippen LogP) is 0.820. The highest BCUT2D eigenvalue weighted by Gasteiger charge is 2.29. The van der Waals surface area contributed by atoms with Gasteiger partial charge in [-0.15, -0.1) is 0 Å². The smallest absolute Gasteiger partial charge is 0.404 e. The van der Waals surface area contributed by atoms with Gasteiger partial charge in [0.2, 0.25) is 17.7 Å². The molecule has 12 heteroatoms. The van der Waals surface area contributed by atoms with E-state index in [1.165, 1.54) is 38.1 Å². The van der Waals surface area contributed by atoms with E-state index in [0.29, 0.717) is 18.5 Å². The predicted molar refractivity (Wildman–Crippen MR) is 132 cm³/mol. The molecule has 196 valence electrons. The standard InChI is InChI=1S/C24H32N3O8P/c1-16(28)22(24(31)25-14-6-9-18-7-4-3-5-8-18)27-23(30)21(26-17(2)29)15-19-10-12-20(13-11-19)35-36(32,33)34/h3-5,7-8,10-13,16,21-22,28H,6,9,14-15H2,1-2H3,(H,25,31)(H,26,29)(H,27,30)(H2,32,33,34)/t16-,21?,22+/m1/s1. The number of amides is 3. The summed E-state index contributed by atoms with van der Waals surface area (Å²) in [7, 11) is -4.71. The van der Waals surface area contributed by atoms with Crippen LogP contribution in [0.3, 0.4) is 0 Å². The van der Waals surface area contributed by atoms with Crippen LogP contribution in [0.15, 0.2) is 54.6 Å². The third-order valence-corrected chi connectivity index (χ3v) is 5.58. The number of aliphatic hydroxyl groups excluding tert-OH is 1. The van der Waals surface area contributed by atoms with Crippen molar-refractivity contribution in [2.24, 2.45) is 0 Å². The van der Waals surface area contributed by atoms with Crippen molar-refractivity contribution in [3.05, 3.63) is 65.7 Å². The van der Waals surface area contributed by atoms with Crippen LogP contribution in [0.5, 0.6) is 5.75 Å². The molecule has 1 unspecified atom stereocenters. The zero-order chi connectivity index (χ0) is 26.7. The molecule has 0 aliphatic carbocycles. The van der Waals surface area contributed by atoms with E-state index in [1.54, 1.807) is 0 Å². The molecule has 0 saturated carbocycles. The number of phosphoric acid groups is 1. The summed E-state index contributed by atoms with van der Waals surface area (Å²) in [6.45, 7) is 2.97. The van der Waals surface area contributed by atoms with Crippen LogP contribution in [0.25, 0.3) is 0 Å². The van der Waals surface area contributed by atoms with Gasteiger partial charge in [0.1, 0.15) is 17.8 Å². The number of hydrogen-bond donors (Lipinski definition) is 6. The highest BCUT2D eigenvalue weighted by atomic mass is 31.2. The van der Waals surface area contributed by atoms with Gasteiger partial charge >= 0.3 is 7.82 Å². The van der Waals surface area contributed by atoms with Gasteiger partial charge in [-0.2, -0.15) is 0 Å². The number of phosphoric ester groups is 1. The second kappa shape index (κ2) is 13.7. The van der Waals surface area contributed by atoms with E-state index in [9.17, 15) is 24.1 Å². The molecule has 3 atom stereocenters. The van der Waals surface area contributed by atoms with Gasteiger partial charge in [-0.25, -0.2) is 4.57 Å². The van der Waals surface area contributed by atoms with Gasteiger partial charge in [0.15, 0.2) is 0 Å². The second-order valence-electron chi connectivity index (χ2n) is 8.29. The Labute approximate surface area is 209 Å². The van der Waals surface area contributed by atoms with Crippen molar-refractivity contribution < 1.29 is 38.4 Å². The number of aliphatic hydroxyl groups is 1. The van der Waals surface area contributed by atoms with Crippen LogP contribution in [0.2, 0.25) is 0 Å². The maximum Gasteiger partial charge on any atom is 0.524 e. The van der Waals surface area contributed by atoms with E-state index < -0.39 is 43.7 Å². The summed E-state index contributed by atoms with van der Waals surface area (Å²) in [5.74, 6) is -1.76. The van der Waals surface area contributed by atoms with Crippen molar-refractivity contribution in [2.75, 3.05) is 6.54 Å². The molecule has 36 heavy (non-hydrogen) atoms. The number of carbonyl (C=O) groups excluding carboxylic acids is 3. The van der Waals surface area contributed by atoms with Crippen LogP contribution in [-0.4, -0.2) is 57.3 Å². The zero-order valence-electron chi connectivity index (χ0n) is 20.1. The first-order valence-corrected chi connectivity index (χ1v) is 12.9. The molecule has 0 aliphatic heterocycles. The van der Waals surface area contributed by atoms with Crippen molar-refractivity contribution in [3.8, 4) is 5.75 Å². The first-order chi connectivity index (χ1) is 16.9. The molecule has 2 rings (SSSR count). The maximum absolute atomic E-state index is 12.9. The summed E-state index contributed by atoms with van der Waals surface area (Å²) in [6.07, 6.45) is 0.263. The molecule has 0 fully saturated rings. The Kier molecular flexibility index (Phi) is 11.1. The number of aryl methyl sites for hydroxylation is 1. The molecule has 0 saturated heterocycles. The Balaban J connectivity index is 1.98. The average Bonchev–Trinajstić information content (AvgIpc) is 2.80. The lowest BCUT2D eigenvalue weighted by atomic mass is 10.0. The minimum absolute atomic E-state index is 0.0207. The van der Waals surface area contributed by atoms with Gasteiger partial charge in [0.05, 0.1) is 6.10 Å². The summed E-state index contributed by atoms with van der Waals surface area (Å²) in [5.41, 5.74) is 1.69. The number of carbonyl (C=O) groups is 3. The molecule has 3 amide bonds. The molecule has 2 aromatic carbocycles. The number of rotatable bonds is 13. The minimum atomic E-state index is -4.71. The van der Waals surface area contributed by atoms with Crippen LogP contribution in [-0.2, 0) is 31.8 Å². The van der Waals surface area contributed by atoms with E-state index in [0.717, 1.165) is 12.0 Å². The summed E-state index contributed by atoms with van der Waals surface area (Å²) < 4.78 is 15.4. The lowest BCUT2D eigenvalue weighted by Crippen LogP contribution is -2.57. The molecule has 0 aromatic heterocycles. The van der Waals surface area contributed by atoms with Gasteiger partial charge in [-0.1, -0.05) is 42.5 Å². The third-order valence-electron chi connectivity index (χ3n) is 5.13. The van der Waals surface area contributed by atoms with Gasteiger partial charge in [0, 0.05) is 19.9 Å². The van der Waals surface area contributed by atoms with Crippen molar-refractivity contribution in [1.29, 1.82) is 0 Å². The monoisotopic (exact) mass is 521 g/mol. The van der Waals surface area contributed by atoms with E-state index >= 15 is 0 Å². The van der Waals surface area contributed by atoms with E-state index in [-0.39, 0.29) is 12.2 Å². The fraction of sp³-hybridized carbons (Fsp3) is 0.375. The first-order valence-electron chi connectivity index (χ1n) is 11.4. The topological polar surface area (TPSA) is 174 Å². The Morgan fingerprint density at radius 3 is 2.14 bits per heavy atom. The van der Waals surface area contributed by atoms with Crippen molar-refractivity contribution in [3.63, 3.8) is 0 Å². The highest BCUT2D eigenvalue weighted by molar-refractivity contribution is 7.46. The summed E-state index contributed by atoms with van der Waals surface area (Å²) in [4.78, 5) is 55.0. The fourth-order valence-electron chi connectivity index (χ4n) is 3.43. The molecule has 0 aliphatic rings. The Morgan fingerprint density at radius 2 is 1.58 bits per heavy atom. The normalized spacial score (nSPS) is 13.7. The molecular formula is C24H32N3O8P. The summed E-state index contributed by atoms with van der Waals surface area (Å²) >= 11 is 0. The van der Waals surface area contributed by atoms with Crippen LogP contribution in [0.4, 0.5) is 0 Å². The minimum Gasteiger partial charge on any atom is -0.404 e. The van der Waals surface area contributed by atoms with Crippen LogP contribution >= 0.6 is 7.82 Å². The molecule has 0 spiro atoms. The molecule has 6 N–H and O–H groups in total. The molecule has 11 nitrogen and oxygen atoms in total. The van der Waals surface area contributed by atoms with Gasteiger partial charge in [-0.05, 0) is 43.0 Å². The first kappa shape index (κ1) is 29.0. The second-order valence-corrected chi connectivity index (χ2v) is 9.45. The SMILES string of the molecule is CC(=O)NC(Cc1ccc(OP(=O)(O)O)cc1)C(=O)N[C@H](C(=O)NCCCc1ccccc1)[C@@H](C)O. The largest absolute Gasteiger partial charge is 0.524 e. The van der Waals surface area contributed by atoms with Crippen LogP contribution in [0, 0.1) is 0 Å². The molecule has 0 radical (unpaired) electrons. The van der Waals surface area contributed by atoms with Crippen molar-refractivity contribution >= 4 is 25.5 Å². The summed E-state index contributed by atoms with van der Waals surface area (Å²) in [6, 6.07) is 13.1. The van der Waals surface area contributed by atoms with Crippen molar-refractivity contribution in [1.82, 2.24) is 16.0 Å². The van der Waals surface area contributed by atoms with E-state index in [4.69, 9.17) is 9.79 Å². The molecular weight excluding hydrogens is 489 g/mol. The summed E-state index contributed by atoms with van der Waals surface area (Å²) in [5, 5.41) is 17.8. The van der Waals surface area contributed by atoms with Gasteiger partial charge in [0.25, 0.3) is 0 Å². The lowest BCUT2D eigenvalue weighted by Gasteiger charge is -2.24. The third kappa shape index (κ3) is 10.6. The zero-order valence-corrected chi connectivity index (χ0v) is 21.0. The quantitative estimate of drug-likeness (QED) is 0.166.